The van der Waals surface area contributed by atoms with Crippen LogP contribution in [0.2, 0.25) is 5.02 Å². The average Bonchev–Trinajstić information content (AvgIpc) is 2.77. The van der Waals surface area contributed by atoms with Crippen molar-refractivity contribution in [1.82, 2.24) is 9.78 Å². The lowest BCUT2D eigenvalue weighted by atomic mass is 10.0. The molecule has 2 rings (SSSR count). The van der Waals surface area contributed by atoms with Crippen molar-refractivity contribution >= 4 is 11.6 Å². The molecule has 0 aliphatic rings. The highest BCUT2D eigenvalue weighted by Gasteiger charge is 2.19. The van der Waals surface area contributed by atoms with Gasteiger partial charge in [0.2, 0.25) is 0 Å². The fourth-order valence-corrected chi connectivity index (χ4v) is 1.90. The number of aromatic nitrogens is 2. The molecular weight excluding hydrogens is 243 g/mol. The number of hydrogen-bond donors (Lipinski definition) is 1. The van der Waals surface area contributed by atoms with Crippen LogP contribution < -0.4 is 0 Å². The van der Waals surface area contributed by atoms with Gasteiger partial charge in [0.15, 0.2) is 0 Å². The van der Waals surface area contributed by atoms with E-state index >= 15 is 0 Å². The van der Waals surface area contributed by atoms with Crippen LogP contribution in [0.25, 0.3) is 0 Å². The molecule has 0 saturated carbocycles. The second-order valence-electron chi connectivity index (χ2n) is 3.67. The second-order valence-corrected chi connectivity index (χ2v) is 4.07. The maximum atomic E-state index is 13.6. The van der Waals surface area contributed by atoms with E-state index in [-0.39, 0.29) is 10.6 Å². The van der Waals surface area contributed by atoms with E-state index in [0.29, 0.717) is 12.1 Å². The van der Waals surface area contributed by atoms with E-state index in [4.69, 9.17) is 11.6 Å². The van der Waals surface area contributed by atoms with E-state index in [1.165, 1.54) is 18.3 Å². The first-order valence-electron chi connectivity index (χ1n) is 5.27. The van der Waals surface area contributed by atoms with E-state index in [1.54, 1.807) is 16.9 Å². The number of aliphatic hydroxyl groups excluding tert-OH is 1. The maximum Gasteiger partial charge on any atom is 0.130 e. The van der Waals surface area contributed by atoms with Crippen LogP contribution in [0.15, 0.2) is 30.6 Å². The first-order chi connectivity index (χ1) is 8.13. The molecule has 0 bridgehead atoms. The van der Waals surface area contributed by atoms with Crippen molar-refractivity contribution in [3.8, 4) is 0 Å². The normalized spacial score (nSPS) is 12.7. The summed E-state index contributed by atoms with van der Waals surface area (Å²) in [5.74, 6) is -0.519. The van der Waals surface area contributed by atoms with E-state index in [0.717, 1.165) is 0 Å². The highest BCUT2D eigenvalue weighted by Crippen LogP contribution is 2.30. The van der Waals surface area contributed by atoms with Gasteiger partial charge in [-0.2, -0.15) is 5.10 Å². The molecule has 0 amide bonds. The number of hydrogen-bond acceptors (Lipinski definition) is 2. The van der Waals surface area contributed by atoms with E-state index in [1.807, 2.05) is 6.92 Å². The standard InChI is InChI=1S/C12H12ClFN2O/c1-2-16-7-8(6-15-16)12(17)11-9(13)4-3-5-10(11)14/h3-7,12,17H,2H2,1H3. The zero-order chi connectivity index (χ0) is 12.4. The predicted molar refractivity (Wildman–Crippen MR) is 63.4 cm³/mol. The number of nitrogens with zero attached hydrogens (tertiary/aromatic N) is 2. The van der Waals surface area contributed by atoms with Gasteiger partial charge >= 0.3 is 0 Å². The average molecular weight is 255 g/mol. The summed E-state index contributed by atoms with van der Waals surface area (Å²) in [5, 5.41) is 14.3. The minimum atomic E-state index is -1.09. The Kier molecular flexibility index (Phi) is 3.45. The Balaban J connectivity index is 2.39. The number of aryl methyl sites for hydroxylation is 1. The van der Waals surface area contributed by atoms with Gasteiger partial charge in [-0.25, -0.2) is 4.39 Å². The topological polar surface area (TPSA) is 38.0 Å². The molecule has 1 aromatic heterocycles. The van der Waals surface area contributed by atoms with Gasteiger partial charge in [-0.15, -0.1) is 0 Å². The highest BCUT2D eigenvalue weighted by atomic mass is 35.5. The van der Waals surface area contributed by atoms with Crippen molar-refractivity contribution in [2.45, 2.75) is 19.6 Å². The monoisotopic (exact) mass is 254 g/mol. The third-order valence-corrected chi connectivity index (χ3v) is 2.90. The Morgan fingerprint density at radius 1 is 1.53 bits per heavy atom. The summed E-state index contributed by atoms with van der Waals surface area (Å²) in [4.78, 5) is 0. The number of aliphatic hydroxyl groups is 1. The quantitative estimate of drug-likeness (QED) is 0.915. The molecule has 0 spiro atoms. The Morgan fingerprint density at radius 2 is 2.29 bits per heavy atom. The van der Waals surface area contributed by atoms with Crippen LogP contribution in [-0.4, -0.2) is 14.9 Å². The molecule has 0 fully saturated rings. The van der Waals surface area contributed by atoms with Gasteiger partial charge in [-0.1, -0.05) is 17.7 Å². The third-order valence-electron chi connectivity index (χ3n) is 2.57. The summed E-state index contributed by atoms with van der Waals surface area (Å²) < 4.78 is 15.3. The van der Waals surface area contributed by atoms with Gasteiger partial charge in [-0.05, 0) is 19.1 Å². The molecule has 1 heterocycles. The molecule has 1 aromatic carbocycles. The van der Waals surface area contributed by atoms with Gasteiger partial charge < -0.3 is 5.11 Å². The largest absolute Gasteiger partial charge is 0.383 e. The smallest absolute Gasteiger partial charge is 0.130 e. The number of rotatable bonds is 3. The molecule has 1 atom stereocenters. The number of halogens is 2. The van der Waals surface area contributed by atoms with Gasteiger partial charge in [0.1, 0.15) is 11.9 Å². The Bertz CT molecular complexity index is 507. The first-order valence-corrected chi connectivity index (χ1v) is 5.65. The SMILES string of the molecule is CCn1cc(C(O)c2c(F)cccc2Cl)cn1. The fraction of sp³-hybridized carbons (Fsp3) is 0.250. The van der Waals surface area contributed by atoms with E-state index in [9.17, 15) is 9.50 Å². The molecule has 1 unspecified atom stereocenters. The number of benzene rings is 1. The highest BCUT2D eigenvalue weighted by molar-refractivity contribution is 6.31. The van der Waals surface area contributed by atoms with E-state index in [2.05, 4.69) is 5.10 Å². The van der Waals surface area contributed by atoms with Crippen LogP contribution in [0, 0.1) is 5.82 Å². The summed E-state index contributed by atoms with van der Waals surface area (Å²) in [7, 11) is 0. The van der Waals surface area contributed by atoms with Gasteiger partial charge in [0, 0.05) is 28.9 Å². The molecule has 90 valence electrons. The van der Waals surface area contributed by atoms with Crippen LogP contribution in [0.4, 0.5) is 4.39 Å². The summed E-state index contributed by atoms with van der Waals surface area (Å²) in [6.07, 6.45) is 2.09. The minimum absolute atomic E-state index is 0.0878. The van der Waals surface area contributed by atoms with Crippen molar-refractivity contribution in [3.63, 3.8) is 0 Å². The maximum absolute atomic E-state index is 13.6. The lowest BCUT2D eigenvalue weighted by Gasteiger charge is -2.11. The summed E-state index contributed by atoms with van der Waals surface area (Å²) >= 11 is 5.89. The lowest BCUT2D eigenvalue weighted by molar-refractivity contribution is 0.215. The van der Waals surface area contributed by atoms with E-state index < -0.39 is 11.9 Å². The zero-order valence-electron chi connectivity index (χ0n) is 9.27. The molecule has 5 heteroatoms. The Hall–Kier alpha value is -1.39. The van der Waals surface area contributed by atoms with Crippen molar-refractivity contribution in [3.05, 3.63) is 52.6 Å². The van der Waals surface area contributed by atoms with Gasteiger partial charge in [-0.3, -0.25) is 4.68 Å². The molecule has 0 saturated heterocycles. The predicted octanol–water partition coefficient (Wildman–Crippen LogP) is 2.78. The van der Waals surface area contributed by atoms with Crippen molar-refractivity contribution in [2.75, 3.05) is 0 Å². The van der Waals surface area contributed by atoms with Crippen molar-refractivity contribution in [1.29, 1.82) is 0 Å². The van der Waals surface area contributed by atoms with Crippen LogP contribution in [0.5, 0.6) is 0 Å². The van der Waals surface area contributed by atoms with Gasteiger partial charge in [0.25, 0.3) is 0 Å². The second kappa shape index (κ2) is 4.85. The van der Waals surface area contributed by atoms with Crippen molar-refractivity contribution in [2.24, 2.45) is 0 Å². The van der Waals surface area contributed by atoms with Crippen LogP contribution >= 0.6 is 11.6 Å². The van der Waals surface area contributed by atoms with Gasteiger partial charge in [0.05, 0.1) is 6.20 Å². The summed E-state index contributed by atoms with van der Waals surface area (Å²) in [6.45, 7) is 2.62. The molecule has 0 aliphatic carbocycles. The molecule has 1 N–H and O–H groups in total. The zero-order valence-corrected chi connectivity index (χ0v) is 10.0. The summed E-state index contributed by atoms with van der Waals surface area (Å²) in [6, 6.07) is 4.32. The lowest BCUT2D eigenvalue weighted by Crippen LogP contribution is -2.02. The summed E-state index contributed by atoms with van der Waals surface area (Å²) in [5.41, 5.74) is 0.615. The first kappa shape index (κ1) is 12.1. The molecule has 0 radical (unpaired) electrons. The fourth-order valence-electron chi connectivity index (χ4n) is 1.63. The molecular formula is C12H12ClFN2O. The molecule has 2 aromatic rings. The third kappa shape index (κ3) is 2.33. The Labute approximate surface area is 103 Å². The van der Waals surface area contributed by atoms with Crippen LogP contribution in [0.1, 0.15) is 24.2 Å². The van der Waals surface area contributed by atoms with Crippen LogP contribution in [-0.2, 0) is 6.54 Å². The molecule has 17 heavy (non-hydrogen) atoms. The van der Waals surface area contributed by atoms with Crippen LogP contribution in [0.3, 0.4) is 0 Å². The molecule has 0 aliphatic heterocycles. The molecule has 3 nitrogen and oxygen atoms in total. The Morgan fingerprint density at radius 3 is 2.88 bits per heavy atom. The van der Waals surface area contributed by atoms with Crippen molar-refractivity contribution < 1.29 is 9.50 Å². The minimum Gasteiger partial charge on any atom is -0.383 e.